The molecule has 0 aliphatic rings. The molecule has 24 heavy (non-hydrogen) atoms. The van der Waals surface area contributed by atoms with Crippen molar-refractivity contribution in [1.29, 1.82) is 0 Å². The monoisotopic (exact) mass is 332 g/mol. The molecule has 0 saturated heterocycles. The molecule has 2 aromatic carbocycles. The summed E-state index contributed by atoms with van der Waals surface area (Å²) in [7, 11) is 0. The maximum atomic E-state index is 12.4. The van der Waals surface area contributed by atoms with Crippen molar-refractivity contribution in [2.24, 2.45) is 0 Å². The van der Waals surface area contributed by atoms with Crippen molar-refractivity contribution in [3.63, 3.8) is 0 Å². The van der Waals surface area contributed by atoms with E-state index >= 15 is 0 Å². The van der Waals surface area contributed by atoms with Crippen LogP contribution in [0, 0.1) is 0 Å². The molecule has 0 aliphatic heterocycles. The van der Waals surface area contributed by atoms with Gasteiger partial charge in [-0.2, -0.15) is 0 Å². The molecule has 6 heteroatoms. The molecule has 116 valence electrons. The summed E-state index contributed by atoms with van der Waals surface area (Å²) in [6.07, 6.45) is 3.40. The van der Waals surface area contributed by atoms with Gasteiger partial charge in [0.25, 0.3) is 5.91 Å². The Bertz CT molecular complexity index is 1010. The van der Waals surface area contributed by atoms with Crippen LogP contribution in [0.1, 0.15) is 10.4 Å². The van der Waals surface area contributed by atoms with Crippen molar-refractivity contribution in [3.8, 4) is 10.6 Å². The minimum Gasteiger partial charge on any atom is -0.296 e. The first-order valence-electron chi connectivity index (χ1n) is 7.34. The molecule has 0 radical (unpaired) electrons. The molecule has 5 nitrogen and oxygen atoms in total. The fourth-order valence-electron chi connectivity index (χ4n) is 2.38. The summed E-state index contributed by atoms with van der Waals surface area (Å²) in [6.45, 7) is 0. The van der Waals surface area contributed by atoms with Gasteiger partial charge in [0.05, 0.1) is 0 Å². The Balaban J connectivity index is 1.56. The Labute approximate surface area is 142 Å². The van der Waals surface area contributed by atoms with Crippen LogP contribution in [-0.2, 0) is 0 Å². The molecule has 1 amide bonds. The fraction of sp³-hybridized carbons (Fsp3) is 0. The number of amides is 1. The Kier molecular flexibility index (Phi) is 3.72. The van der Waals surface area contributed by atoms with Crippen molar-refractivity contribution in [2.45, 2.75) is 0 Å². The topological polar surface area (TPSA) is 67.8 Å². The average molecular weight is 332 g/mol. The number of hydrogen-bond donors (Lipinski definition) is 1. The SMILES string of the molecule is O=C(Nc1nnc(-c2ccncc2)s1)c1ccc2ccccc2c1. The third-order valence-electron chi connectivity index (χ3n) is 3.58. The van der Waals surface area contributed by atoms with Crippen LogP contribution < -0.4 is 5.32 Å². The highest BCUT2D eigenvalue weighted by Crippen LogP contribution is 2.26. The van der Waals surface area contributed by atoms with Gasteiger partial charge in [-0.25, -0.2) is 0 Å². The summed E-state index contributed by atoms with van der Waals surface area (Å²) in [6, 6.07) is 17.3. The van der Waals surface area contributed by atoms with Crippen molar-refractivity contribution < 1.29 is 4.79 Å². The second kappa shape index (κ2) is 6.17. The molecule has 2 aromatic heterocycles. The van der Waals surface area contributed by atoms with Crippen LogP contribution in [0.15, 0.2) is 67.0 Å². The van der Waals surface area contributed by atoms with E-state index in [1.807, 2.05) is 54.6 Å². The summed E-state index contributed by atoms with van der Waals surface area (Å²) < 4.78 is 0. The van der Waals surface area contributed by atoms with Crippen LogP contribution in [0.4, 0.5) is 5.13 Å². The smallest absolute Gasteiger partial charge is 0.257 e. The summed E-state index contributed by atoms with van der Waals surface area (Å²) in [5.74, 6) is -0.196. The van der Waals surface area contributed by atoms with Crippen LogP contribution in [0.5, 0.6) is 0 Å². The average Bonchev–Trinajstić information content (AvgIpc) is 3.10. The number of fused-ring (bicyclic) bond motifs is 1. The summed E-state index contributed by atoms with van der Waals surface area (Å²) in [4.78, 5) is 16.4. The highest BCUT2D eigenvalue weighted by atomic mass is 32.1. The van der Waals surface area contributed by atoms with Gasteiger partial charge in [0.15, 0.2) is 0 Å². The Morgan fingerprint density at radius 1 is 0.917 bits per heavy atom. The maximum Gasteiger partial charge on any atom is 0.257 e. The molecule has 0 unspecified atom stereocenters. The van der Waals surface area contributed by atoms with Crippen LogP contribution in [0.3, 0.4) is 0 Å². The number of anilines is 1. The van der Waals surface area contributed by atoms with E-state index in [4.69, 9.17) is 0 Å². The quantitative estimate of drug-likeness (QED) is 0.615. The summed E-state index contributed by atoms with van der Waals surface area (Å²) in [5, 5.41) is 14.3. The van der Waals surface area contributed by atoms with Crippen molar-refractivity contribution >= 4 is 33.1 Å². The van der Waals surface area contributed by atoms with E-state index in [9.17, 15) is 4.79 Å². The largest absolute Gasteiger partial charge is 0.296 e. The standard InChI is InChI=1S/C18H12N4OS/c23-16(15-6-5-12-3-1-2-4-14(12)11-15)20-18-22-21-17(24-18)13-7-9-19-10-8-13/h1-11H,(H,20,22,23). The molecule has 4 rings (SSSR count). The van der Waals surface area contributed by atoms with E-state index in [1.54, 1.807) is 12.4 Å². The van der Waals surface area contributed by atoms with E-state index in [0.717, 1.165) is 21.3 Å². The van der Waals surface area contributed by atoms with Gasteiger partial charge in [0, 0.05) is 23.5 Å². The molecule has 0 spiro atoms. The number of pyridine rings is 1. The highest BCUT2D eigenvalue weighted by molar-refractivity contribution is 7.18. The lowest BCUT2D eigenvalue weighted by atomic mass is 10.1. The van der Waals surface area contributed by atoms with Gasteiger partial charge in [0.2, 0.25) is 5.13 Å². The van der Waals surface area contributed by atoms with Crippen molar-refractivity contribution in [1.82, 2.24) is 15.2 Å². The van der Waals surface area contributed by atoms with Crippen LogP contribution in [0.25, 0.3) is 21.3 Å². The molecule has 0 aliphatic carbocycles. The first-order chi connectivity index (χ1) is 11.8. The zero-order chi connectivity index (χ0) is 16.4. The number of aromatic nitrogens is 3. The molecule has 2 heterocycles. The molecule has 0 saturated carbocycles. The molecule has 1 N–H and O–H groups in total. The second-order valence-corrected chi connectivity index (χ2v) is 6.14. The Morgan fingerprint density at radius 2 is 1.71 bits per heavy atom. The van der Waals surface area contributed by atoms with Gasteiger partial charge in [-0.15, -0.1) is 10.2 Å². The minimum absolute atomic E-state index is 0.196. The predicted molar refractivity (Wildman–Crippen MR) is 95.0 cm³/mol. The zero-order valence-corrected chi connectivity index (χ0v) is 13.3. The lowest BCUT2D eigenvalue weighted by molar-refractivity contribution is 0.102. The van der Waals surface area contributed by atoms with Crippen LogP contribution in [0.2, 0.25) is 0 Å². The van der Waals surface area contributed by atoms with Gasteiger partial charge < -0.3 is 0 Å². The number of carbonyl (C=O) groups excluding carboxylic acids is 1. The number of carbonyl (C=O) groups is 1. The fourth-order valence-corrected chi connectivity index (χ4v) is 3.13. The maximum absolute atomic E-state index is 12.4. The number of benzene rings is 2. The molecule has 4 aromatic rings. The number of hydrogen-bond acceptors (Lipinski definition) is 5. The minimum atomic E-state index is -0.196. The van der Waals surface area contributed by atoms with E-state index in [1.165, 1.54) is 11.3 Å². The van der Waals surface area contributed by atoms with Gasteiger partial charge in [-0.1, -0.05) is 41.7 Å². The lowest BCUT2D eigenvalue weighted by Gasteiger charge is -2.03. The van der Waals surface area contributed by atoms with Crippen molar-refractivity contribution in [3.05, 3.63) is 72.6 Å². The summed E-state index contributed by atoms with van der Waals surface area (Å²) in [5.41, 5.74) is 1.52. The zero-order valence-electron chi connectivity index (χ0n) is 12.5. The van der Waals surface area contributed by atoms with Crippen LogP contribution >= 0.6 is 11.3 Å². The highest BCUT2D eigenvalue weighted by Gasteiger charge is 2.11. The van der Waals surface area contributed by atoms with Crippen molar-refractivity contribution in [2.75, 3.05) is 5.32 Å². The lowest BCUT2D eigenvalue weighted by Crippen LogP contribution is -2.11. The normalized spacial score (nSPS) is 10.7. The third-order valence-corrected chi connectivity index (χ3v) is 4.47. The molecular formula is C18H12N4OS. The Hall–Kier alpha value is -3.12. The van der Waals surface area contributed by atoms with E-state index in [0.29, 0.717) is 10.7 Å². The van der Waals surface area contributed by atoms with Gasteiger partial charge in [-0.3, -0.25) is 15.1 Å². The van der Waals surface area contributed by atoms with Gasteiger partial charge in [-0.05, 0) is 35.0 Å². The van der Waals surface area contributed by atoms with Gasteiger partial charge >= 0.3 is 0 Å². The predicted octanol–water partition coefficient (Wildman–Crippen LogP) is 4.01. The third kappa shape index (κ3) is 2.87. The molecular weight excluding hydrogens is 320 g/mol. The summed E-state index contributed by atoms with van der Waals surface area (Å²) >= 11 is 1.33. The molecule has 0 atom stereocenters. The first kappa shape index (κ1) is 14.5. The first-order valence-corrected chi connectivity index (χ1v) is 8.15. The van der Waals surface area contributed by atoms with E-state index < -0.39 is 0 Å². The number of nitrogens with zero attached hydrogens (tertiary/aromatic N) is 3. The Morgan fingerprint density at radius 3 is 2.54 bits per heavy atom. The van der Waals surface area contributed by atoms with E-state index in [-0.39, 0.29) is 5.91 Å². The molecule has 0 bridgehead atoms. The second-order valence-electron chi connectivity index (χ2n) is 5.16. The van der Waals surface area contributed by atoms with E-state index in [2.05, 4.69) is 20.5 Å². The number of nitrogens with one attached hydrogen (secondary N) is 1. The molecule has 0 fully saturated rings. The number of rotatable bonds is 3. The van der Waals surface area contributed by atoms with Gasteiger partial charge in [0.1, 0.15) is 5.01 Å². The van der Waals surface area contributed by atoms with Crippen LogP contribution in [-0.4, -0.2) is 21.1 Å².